The van der Waals surface area contributed by atoms with E-state index in [0.717, 1.165) is 6.42 Å². The van der Waals surface area contributed by atoms with Crippen molar-refractivity contribution >= 4 is 26.5 Å². The van der Waals surface area contributed by atoms with Gasteiger partial charge in [0, 0.05) is 0 Å². The van der Waals surface area contributed by atoms with Gasteiger partial charge in [0.15, 0.2) is 0 Å². The Labute approximate surface area is 193 Å². The second-order valence-corrected chi connectivity index (χ2v) is 17.3. The first-order valence-corrected chi connectivity index (χ1v) is 14.3. The van der Waals surface area contributed by atoms with Gasteiger partial charge in [-0.05, 0) is 60.1 Å². The van der Waals surface area contributed by atoms with E-state index in [0.29, 0.717) is 16.0 Å². The van der Waals surface area contributed by atoms with Gasteiger partial charge >= 0.3 is 0 Å². The Hall–Kier alpha value is -1.22. The smallest absolute Gasteiger partial charge is 0.000563 e. The van der Waals surface area contributed by atoms with E-state index < -0.39 is 7.92 Å². The van der Waals surface area contributed by atoms with Crippen molar-refractivity contribution in [1.82, 2.24) is 0 Å². The average Bonchev–Trinajstić information content (AvgIpc) is 3.12. The molecule has 2 aromatic rings. The third-order valence-electron chi connectivity index (χ3n) is 6.10. The van der Waals surface area contributed by atoms with Gasteiger partial charge < -0.3 is 0 Å². The predicted molar refractivity (Wildman–Crippen MR) is 145 cm³/mol. The van der Waals surface area contributed by atoms with E-state index in [1.54, 1.807) is 10.9 Å². The standard InChI is InChI=1S/C29H40P2/c1-21-13-17-24(18-14-21)30(25-19-15-22(2)16-20-25)27-12-10-11-26(27)23(3)31(28(4,5)6)29(7,8)9/h10,12-20,23H,11H2,1-9H3. The Balaban J connectivity index is 2.16. The van der Waals surface area contributed by atoms with Crippen LogP contribution in [0.4, 0.5) is 0 Å². The highest BCUT2D eigenvalue weighted by molar-refractivity contribution is 7.77. The van der Waals surface area contributed by atoms with Crippen molar-refractivity contribution < 1.29 is 0 Å². The number of hydrogen-bond acceptors (Lipinski definition) is 0. The molecule has 166 valence electrons. The van der Waals surface area contributed by atoms with E-state index in [9.17, 15) is 0 Å². The monoisotopic (exact) mass is 450 g/mol. The van der Waals surface area contributed by atoms with Gasteiger partial charge in [0.05, 0.1) is 0 Å². The van der Waals surface area contributed by atoms with Gasteiger partial charge in [-0.2, -0.15) is 0 Å². The topological polar surface area (TPSA) is 0 Å². The summed E-state index contributed by atoms with van der Waals surface area (Å²) < 4.78 is 0. The zero-order valence-corrected chi connectivity index (χ0v) is 22.7. The quantitative estimate of drug-likeness (QED) is 0.401. The molecule has 0 bridgehead atoms. The Morgan fingerprint density at radius 2 is 1.13 bits per heavy atom. The predicted octanol–water partition coefficient (Wildman–Crippen LogP) is 8.42. The van der Waals surface area contributed by atoms with Crippen LogP contribution < -0.4 is 10.6 Å². The fourth-order valence-electron chi connectivity index (χ4n) is 5.25. The summed E-state index contributed by atoms with van der Waals surface area (Å²) in [6, 6.07) is 18.5. The van der Waals surface area contributed by atoms with Crippen molar-refractivity contribution in [3.63, 3.8) is 0 Å². The SMILES string of the molecule is Cc1ccc(P(C2=C(C(C)P(C(C)(C)C)C(C)(C)C)CC=C2)c2ccc(C)cc2)cc1. The Morgan fingerprint density at radius 3 is 1.52 bits per heavy atom. The minimum Gasteiger partial charge on any atom is -0.0885 e. The lowest BCUT2D eigenvalue weighted by atomic mass is 10.2. The van der Waals surface area contributed by atoms with Crippen LogP contribution in [0.15, 0.2) is 71.6 Å². The number of hydrogen-bond donors (Lipinski definition) is 0. The van der Waals surface area contributed by atoms with E-state index in [4.69, 9.17) is 0 Å². The number of rotatable bonds is 5. The number of aryl methyl sites for hydroxylation is 2. The lowest BCUT2D eigenvalue weighted by Gasteiger charge is -2.46. The van der Waals surface area contributed by atoms with Crippen LogP contribution in [0.2, 0.25) is 0 Å². The van der Waals surface area contributed by atoms with Crippen molar-refractivity contribution in [3.8, 4) is 0 Å². The van der Waals surface area contributed by atoms with Gasteiger partial charge in [-0.25, -0.2) is 0 Å². The molecule has 0 heterocycles. The van der Waals surface area contributed by atoms with Gasteiger partial charge in [-0.15, -0.1) is 0 Å². The number of benzene rings is 2. The normalized spacial score (nSPS) is 16.0. The summed E-state index contributed by atoms with van der Waals surface area (Å²) in [5.41, 5.74) is 4.95. The maximum Gasteiger partial charge on any atom is -0.000563 e. The molecule has 0 spiro atoms. The van der Waals surface area contributed by atoms with Crippen molar-refractivity contribution in [2.45, 2.75) is 84.7 Å². The average molecular weight is 451 g/mol. The van der Waals surface area contributed by atoms with E-state index >= 15 is 0 Å². The van der Waals surface area contributed by atoms with Crippen molar-refractivity contribution in [2.75, 3.05) is 0 Å². The van der Waals surface area contributed by atoms with Crippen molar-refractivity contribution in [2.24, 2.45) is 0 Å². The Morgan fingerprint density at radius 1 is 0.710 bits per heavy atom. The number of allylic oxidation sites excluding steroid dienone is 4. The van der Waals surface area contributed by atoms with Crippen molar-refractivity contribution in [1.29, 1.82) is 0 Å². The summed E-state index contributed by atoms with van der Waals surface area (Å²) in [6.07, 6.45) is 5.98. The van der Waals surface area contributed by atoms with Crippen LogP contribution in [-0.2, 0) is 0 Å². The highest BCUT2D eigenvalue weighted by atomic mass is 31.1. The first-order valence-electron chi connectivity index (χ1n) is 11.5. The van der Waals surface area contributed by atoms with E-state index in [2.05, 4.69) is 123 Å². The molecule has 1 aliphatic carbocycles. The zero-order valence-electron chi connectivity index (χ0n) is 21.0. The molecule has 0 saturated heterocycles. The minimum atomic E-state index is -0.542. The zero-order chi connectivity index (χ0) is 23.0. The summed E-state index contributed by atoms with van der Waals surface area (Å²) in [6.45, 7) is 21.6. The molecule has 1 aliphatic rings. The van der Waals surface area contributed by atoms with Gasteiger partial charge in [0.25, 0.3) is 0 Å². The lowest BCUT2D eigenvalue weighted by molar-refractivity contribution is 0.693. The van der Waals surface area contributed by atoms with Crippen LogP contribution in [-0.4, -0.2) is 16.0 Å². The Bertz CT molecular complexity index is 888. The van der Waals surface area contributed by atoms with Crippen LogP contribution in [0, 0.1) is 13.8 Å². The largest absolute Gasteiger partial charge is 0.0885 e. The van der Waals surface area contributed by atoms with E-state index in [-0.39, 0.29) is 7.92 Å². The first-order chi connectivity index (χ1) is 14.4. The maximum absolute atomic E-state index is 2.52. The maximum atomic E-state index is 2.52. The molecule has 2 aromatic carbocycles. The molecule has 2 heteroatoms. The van der Waals surface area contributed by atoms with Crippen LogP contribution >= 0.6 is 15.8 Å². The van der Waals surface area contributed by atoms with Crippen molar-refractivity contribution in [3.05, 3.63) is 82.7 Å². The lowest BCUT2D eigenvalue weighted by Crippen LogP contribution is -2.31. The molecule has 1 atom stereocenters. The first kappa shape index (κ1) is 24.4. The molecule has 0 radical (unpaired) electrons. The molecule has 0 saturated carbocycles. The Kier molecular flexibility index (Phi) is 7.35. The molecule has 31 heavy (non-hydrogen) atoms. The summed E-state index contributed by atoms with van der Waals surface area (Å²) in [5, 5.41) is 5.17. The highest BCUT2D eigenvalue weighted by Gasteiger charge is 2.40. The molecular weight excluding hydrogens is 410 g/mol. The molecule has 1 unspecified atom stereocenters. The molecule has 0 aliphatic heterocycles. The molecule has 0 nitrogen and oxygen atoms in total. The van der Waals surface area contributed by atoms with Gasteiger partial charge in [-0.3, -0.25) is 0 Å². The van der Waals surface area contributed by atoms with E-state index in [1.807, 2.05) is 0 Å². The molecule has 0 N–H and O–H groups in total. The van der Waals surface area contributed by atoms with Gasteiger partial charge in [0.1, 0.15) is 0 Å². The second kappa shape index (κ2) is 9.33. The fraction of sp³-hybridized carbons (Fsp3) is 0.448. The molecule has 0 aromatic heterocycles. The summed E-state index contributed by atoms with van der Waals surface area (Å²) in [5.74, 6) is 0. The molecule has 3 rings (SSSR count). The molecule has 0 fully saturated rings. The summed E-state index contributed by atoms with van der Waals surface area (Å²) in [4.78, 5) is 0. The summed E-state index contributed by atoms with van der Waals surface area (Å²) in [7, 11) is -0.744. The minimum absolute atomic E-state index is 0.202. The summed E-state index contributed by atoms with van der Waals surface area (Å²) >= 11 is 0. The van der Waals surface area contributed by atoms with Crippen LogP contribution in [0.1, 0.15) is 66.0 Å². The molecular formula is C29H40P2. The fourth-order valence-corrected chi connectivity index (χ4v) is 12.8. The highest BCUT2D eigenvalue weighted by Crippen LogP contribution is 2.66. The van der Waals surface area contributed by atoms with Crippen LogP contribution in [0.3, 0.4) is 0 Å². The molecule has 0 amide bonds. The van der Waals surface area contributed by atoms with Gasteiger partial charge in [0.2, 0.25) is 0 Å². The second-order valence-electron chi connectivity index (χ2n) is 10.9. The van der Waals surface area contributed by atoms with Crippen LogP contribution in [0.5, 0.6) is 0 Å². The third kappa shape index (κ3) is 5.59. The van der Waals surface area contributed by atoms with Crippen LogP contribution in [0.25, 0.3) is 0 Å². The van der Waals surface area contributed by atoms with Gasteiger partial charge in [-0.1, -0.05) is 134 Å². The third-order valence-corrected chi connectivity index (χ3v) is 12.6. The van der Waals surface area contributed by atoms with E-state index in [1.165, 1.54) is 21.7 Å².